The maximum absolute atomic E-state index is 8.55. The molecule has 2 rings (SSSR count). The third-order valence-corrected chi connectivity index (χ3v) is 3.16. The zero-order chi connectivity index (χ0) is 13.7. The van der Waals surface area contributed by atoms with E-state index in [1.54, 1.807) is 0 Å². The van der Waals surface area contributed by atoms with Gasteiger partial charge in [0.1, 0.15) is 5.84 Å². The van der Waals surface area contributed by atoms with Gasteiger partial charge in [0.05, 0.1) is 0 Å². The quantitative estimate of drug-likeness (QED) is 0.333. The minimum atomic E-state index is 0.162. The van der Waals surface area contributed by atoms with Gasteiger partial charge in [-0.2, -0.15) is 0 Å². The second-order valence-corrected chi connectivity index (χ2v) is 4.72. The third kappa shape index (κ3) is 3.45. The number of oxime groups is 1. The van der Waals surface area contributed by atoms with Crippen molar-refractivity contribution in [2.24, 2.45) is 10.9 Å². The summed E-state index contributed by atoms with van der Waals surface area (Å²) in [4.78, 5) is 0. The first kappa shape index (κ1) is 13.4. The summed E-state index contributed by atoms with van der Waals surface area (Å²) in [6.45, 7) is 2.78. The summed E-state index contributed by atoms with van der Waals surface area (Å²) >= 11 is 0. The van der Waals surface area contributed by atoms with Crippen LogP contribution >= 0.6 is 0 Å². The summed E-state index contributed by atoms with van der Waals surface area (Å²) in [5.74, 6) is 0.248. The van der Waals surface area contributed by atoms with Gasteiger partial charge in [0.25, 0.3) is 0 Å². The van der Waals surface area contributed by atoms with Crippen LogP contribution in [-0.2, 0) is 6.54 Å². The molecule has 0 spiro atoms. The zero-order valence-corrected chi connectivity index (χ0v) is 11.0. The van der Waals surface area contributed by atoms with Gasteiger partial charge in [0, 0.05) is 19.0 Å². The molecule has 1 unspecified atom stereocenters. The normalized spacial score (nSPS) is 13.6. The van der Waals surface area contributed by atoms with E-state index in [0.29, 0.717) is 6.42 Å². The fourth-order valence-corrected chi connectivity index (χ4v) is 2.16. The Morgan fingerprint density at radius 1 is 1.26 bits per heavy atom. The Morgan fingerprint density at radius 2 is 2.00 bits per heavy atom. The number of hydrogen-bond acceptors (Lipinski definition) is 3. The molecule has 2 aromatic carbocycles. The predicted octanol–water partition coefficient (Wildman–Crippen LogP) is 2.45. The number of fused-ring (bicyclic) bond motifs is 1. The van der Waals surface area contributed by atoms with Gasteiger partial charge in [-0.1, -0.05) is 47.6 Å². The second-order valence-electron chi connectivity index (χ2n) is 4.72. The fourth-order valence-electron chi connectivity index (χ4n) is 2.16. The molecule has 0 radical (unpaired) electrons. The standard InChI is InChI=1S/C15H19N3O/c1-11(9-15(16)18-19)17-10-13-7-4-6-12-5-2-3-8-14(12)13/h2-8,11,17,19H,9-10H2,1H3,(H2,16,18). The molecular weight excluding hydrogens is 238 g/mol. The van der Waals surface area contributed by atoms with Crippen molar-refractivity contribution < 1.29 is 5.21 Å². The van der Waals surface area contributed by atoms with Gasteiger partial charge in [-0.25, -0.2) is 0 Å². The van der Waals surface area contributed by atoms with E-state index in [2.05, 4.69) is 40.8 Å². The van der Waals surface area contributed by atoms with Gasteiger partial charge in [-0.05, 0) is 23.3 Å². The molecule has 4 nitrogen and oxygen atoms in total. The first-order valence-electron chi connectivity index (χ1n) is 6.37. The van der Waals surface area contributed by atoms with Crippen LogP contribution in [-0.4, -0.2) is 17.1 Å². The molecule has 100 valence electrons. The van der Waals surface area contributed by atoms with Crippen molar-refractivity contribution in [3.05, 3.63) is 48.0 Å². The molecule has 0 aliphatic rings. The number of benzene rings is 2. The van der Waals surface area contributed by atoms with E-state index in [4.69, 9.17) is 10.9 Å². The molecule has 0 bridgehead atoms. The Hall–Kier alpha value is -2.07. The van der Waals surface area contributed by atoms with Gasteiger partial charge in [0.2, 0.25) is 0 Å². The van der Waals surface area contributed by atoms with Crippen LogP contribution in [0.3, 0.4) is 0 Å². The smallest absolute Gasteiger partial charge is 0.140 e. The van der Waals surface area contributed by atoms with Gasteiger partial charge in [0.15, 0.2) is 0 Å². The summed E-state index contributed by atoms with van der Waals surface area (Å²) in [6, 6.07) is 14.8. The number of hydrogen-bond donors (Lipinski definition) is 3. The Balaban J connectivity index is 2.06. The highest BCUT2D eigenvalue weighted by Crippen LogP contribution is 2.18. The van der Waals surface area contributed by atoms with Gasteiger partial charge in [-0.3, -0.25) is 0 Å². The third-order valence-electron chi connectivity index (χ3n) is 3.16. The van der Waals surface area contributed by atoms with Crippen LogP contribution in [0.25, 0.3) is 10.8 Å². The number of nitrogens with two attached hydrogens (primary N) is 1. The predicted molar refractivity (Wildman–Crippen MR) is 78.3 cm³/mol. The average molecular weight is 257 g/mol. The summed E-state index contributed by atoms with van der Waals surface area (Å²) in [6.07, 6.45) is 0.529. The molecule has 2 aromatic rings. The molecule has 0 saturated heterocycles. The first-order chi connectivity index (χ1) is 9.20. The van der Waals surface area contributed by atoms with E-state index in [1.165, 1.54) is 16.3 Å². The molecule has 0 fully saturated rings. The van der Waals surface area contributed by atoms with Crippen LogP contribution in [0.2, 0.25) is 0 Å². The minimum Gasteiger partial charge on any atom is -0.409 e. The molecule has 1 atom stereocenters. The van der Waals surface area contributed by atoms with Crippen LogP contribution in [0.5, 0.6) is 0 Å². The largest absolute Gasteiger partial charge is 0.409 e. The molecule has 4 N–H and O–H groups in total. The Bertz CT molecular complexity index is 575. The minimum absolute atomic E-state index is 0.162. The number of amidine groups is 1. The number of nitrogens with zero attached hydrogens (tertiary/aromatic N) is 1. The molecule has 0 aliphatic carbocycles. The highest BCUT2D eigenvalue weighted by Gasteiger charge is 2.06. The zero-order valence-electron chi connectivity index (χ0n) is 11.0. The van der Waals surface area contributed by atoms with E-state index in [-0.39, 0.29) is 11.9 Å². The molecule has 0 aliphatic heterocycles. The topological polar surface area (TPSA) is 70.6 Å². The molecular formula is C15H19N3O. The number of nitrogens with one attached hydrogen (secondary N) is 1. The molecule has 4 heteroatoms. The van der Waals surface area contributed by atoms with Crippen LogP contribution in [0.1, 0.15) is 18.9 Å². The van der Waals surface area contributed by atoms with Crippen LogP contribution in [0, 0.1) is 0 Å². The van der Waals surface area contributed by atoms with Crippen molar-refractivity contribution in [2.75, 3.05) is 0 Å². The molecule has 0 aromatic heterocycles. The fraction of sp³-hybridized carbons (Fsp3) is 0.267. The monoisotopic (exact) mass is 257 g/mol. The molecule has 19 heavy (non-hydrogen) atoms. The lowest BCUT2D eigenvalue weighted by atomic mass is 10.0. The van der Waals surface area contributed by atoms with Crippen LogP contribution in [0.15, 0.2) is 47.6 Å². The van der Waals surface area contributed by atoms with E-state index in [9.17, 15) is 0 Å². The lowest BCUT2D eigenvalue weighted by Gasteiger charge is -2.14. The van der Waals surface area contributed by atoms with E-state index < -0.39 is 0 Å². The number of rotatable bonds is 5. The Labute approximate surface area is 112 Å². The summed E-state index contributed by atoms with van der Waals surface area (Å²) in [5, 5.41) is 17.4. The molecule has 0 heterocycles. The summed E-state index contributed by atoms with van der Waals surface area (Å²) in [5.41, 5.74) is 6.75. The highest BCUT2D eigenvalue weighted by atomic mass is 16.4. The second kappa shape index (κ2) is 6.20. The highest BCUT2D eigenvalue weighted by molar-refractivity contribution is 5.85. The van der Waals surface area contributed by atoms with Crippen molar-refractivity contribution in [3.8, 4) is 0 Å². The first-order valence-corrected chi connectivity index (χ1v) is 6.37. The lowest BCUT2D eigenvalue weighted by Crippen LogP contribution is -2.30. The van der Waals surface area contributed by atoms with E-state index in [1.807, 2.05) is 19.1 Å². The summed E-state index contributed by atoms with van der Waals surface area (Å²) < 4.78 is 0. The van der Waals surface area contributed by atoms with Gasteiger partial charge in [-0.15, -0.1) is 0 Å². The van der Waals surface area contributed by atoms with Crippen molar-refractivity contribution in [2.45, 2.75) is 25.9 Å². The summed E-state index contributed by atoms with van der Waals surface area (Å²) in [7, 11) is 0. The molecule has 0 amide bonds. The van der Waals surface area contributed by atoms with Crippen LogP contribution in [0.4, 0.5) is 0 Å². The van der Waals surface area contributed by atoms with Crippen molar-refractivity contribution >= 4 is 16.6 Å². The molecule has 0 saturated carbocycles. The van der Waals surface area contributed by atoms with Crippen LogP contribution < -0.4 is 11.1 Å². The average Bonchev–Trinajstić information content (AvgIpc) is 2.44. The Kier molecular flexibility index (Phi) is 4.36. The van der Waals surface area contributed by atoms with Crippen molar-refractivity contribution in [1.29, 1.82) is 0 Å². The van der Waals surface area contributed by atoms with E-state index >= 15 is 0 Å². The van der Waals surface area contributed by atoms with E-state index in [0.717, 1.165) is 6.54 Å². The Morgan fingerprint density at radius 3 is 2.79 bits per heavy atom. The van der Waals surface area contributed by atoms with Crippen molar-refractivity contribution in [3.63, 3.8) is 0 Å². The van der Waals surface area contributed by atoms with Crippen molar-refractivity contribution in [1.82, 2.24) is 5.32 Å². The maximum Gasteiger partial charge on any atom is 0.140 e. The van der Waals surface area contributed by atoms with Gasteiger partial charge < -0.3 is 16.3 Å². The lowest BCUT2D eigenvalue weighted by molar-refractivity contribution is 0.316. The SMILES string of the molecule is CC(CC(N)=NO)NCc1cccc2ccccc12. The van der Waals surface area contributed by atoms with Gasteiger partial charge >= 0.3 is 0 Å². The maximum atomic E-state index is 8.55.